The Kier molecular flexibility index (Phi) is 10.1. The van der Waals surface area contributed by atoms with Crippen molar-refractivity contribution in [2.45, 2.75) is 61.0 Å². The molecule has 0 bridgehead atoms. The molecule has 0 saturated carbocycles. The van der Waals surface area contributed by atoms with Crippen molar-refractivity contribution in [2.75, 3.05) is 19.8 Å². The van der Waals surface area contributed by atoms with E-state index >= 15 is 0 Å². The fourth-order valence-corrected chi connectivity index (χ4v) is 2.28. The molecule has 7 nitrogen and oxygen atoms in total. The molecule has 0 aliphatic heterocycles. The maximum atomic E-state index is 12.6. The van der Waals surface area contributed by atoms with Crippen LogP contribution in [0.4, 0.5) is 4.79 Å². The average Bonchev–Trinajstić information content (AvgIpc) is 2.52. The van der Waals surface area contributed by atoms with Gasteiger partial charge in [-0.3, -0.25) is 4.79 Å². The van der Waals surface area contributed by atoms with Crippen molar-refractivity contribution < 1.29 is 28.6 Å². The number of alkyl carbamates (subject to hydrolysis) is 1. The van der Waals surface area contributed by atoms with Crippen LogP contribution in [0.1, 0.15) is 54.9 Å². The summed E-state index contributed by atoms with van der Waals surface area (Å²) in [6.45, 7) is 17.3. The lowest BCUT2D eigenvalue weighted by molar-refractivity contribution is -0.160. The number of rotatable bonds is 9. The Labute approximate surface area is 162 Å². The lowest BCUT2D eigenvalue weighted by Gasteiger charge is -2.34. The quantitative estimate of drug-likeness (QED) is 0.283. The van der Waals surface area contributed by atoms with Gasteiger partial charge in [0.05, 0.1) is 12.5 Å². The van der Waals surface area contributed by atoms with E-state index in [2.05, 4.69) is 32.7 Å². The van der Waals surface area contributed by atoms with E-state index in [9.17, 15) is 14.4 Å². The van der Waals surface area contributed by atoms with Gasteiger partial charge >= 0.3 is 18.0 Å². The minimum atomic E-state index is -0.672. The van der Waals surface area contributed by atoms with Gasteiger partial charge in [0.25, 0.3) is 0 Å². The summed E-state index contributed by atoms with van der Waals surface area (Å²) in [6.07, 6.45) is 0.507. The number of carbonyl (C=O) groups is 3. The molecule has 0 aliphatic rings. The normalized spacial score (nSPS) is 13.9. The Bertz CT molecular complexity index is 516. The van der Waals surface area contributed by atoms with Crippen LogP contribution in [0.3, 0.4) is 0 Å². The first-order valence-electron chi connectivity index (χ1n) is 9.16. The molecule has 0 radical (unpaired) electrons. The molecule has 0 aromatic carbocycles. The van der Waals surface area contributed by atoms with E-state index in [1.54, 1.807) is 6.92 Å². The molecule has 7 heteroatoms. The smallest absolute Gasteiger partial charge is 0.407 e. The summed E-state index contributed by atoms with van der Waals surface area (Å²) in [5.41, 5.74) is -0.239. The van der Waals surface area contributed by atoms with Gasteiger partial charge in [-0.15, -0.1) is 0 Å². The minimum Gasteiger partial charge on any atom is -0.461 e. The second-order valence-electron chi connectivity index (χ2n) is 8.83. The molecule has 0 saturated heterocycles. The number of carbonyl (C=O) groups excluding carboxylic acids is 3. The van der Waals surface area contributed by atoms with Crippen LogP contribution >= 0.6 is 0 Å². The molecular formula is C20H35NO6. The number of hydrogen-bond acceptors (Lipinski definition) is 6. The topological polar surface area (TPSA) is 90.9 Å². The largest absolute Gasteiger partial charge is 0.461 e. The van der Waals surface area contributed by atoms with E-state index in [0.717, 1.165) is 6.08 Å². The van der Waals surface area contributed by atoms with Gasteiger partial charge in [0.2, 0.25) is 0 Å². The van der Waals surface area contributed by atoms with Gasteiger partial charge < -0.3 is 19.5 Å². The van der Waals surface area contributed by atoms with Crippen LogP contribution in [0.25, 0.3) is 0 Å². The van der Waals surface area contributed by atoms with E-state index in [1.165, 1.54) is 0 Å². The molecule has 27 heavy (non-hydrogen) atoms. The van der Waals surface area contributed by atoms with Crippen LogP contribution < -0.4 is 5.32 Å². The van der Waals surface area contributed by atoms with Crippen LogP contribution in [0.2, 0.25) is 0 Å². The minimum absolute atomic E-state index is 0.00829. The highest BCUT2D eigenvalue weighted by molar-refractivity contribution is 5.81. The van der Waals surface area contributed by atoms with Crippen molar-refractivity contribution in [3.8, 4) is 0 Å². The second-order valence-corrected chi connectivity index (χ2v) is 8.83. The zero-order chi connectivity index (χ0) is 21.3. The summed E-state index contributed by atoms with van der Waals surface area (Å²) in [6, 6.07) is 0. The van der Waals surface area contributed by atoms with Gasteiger partial charge in [-0.05, 0) is 24.2 Å². The molecule has 156 valence electrons. The predicted octanol–water partition coefficient (Wildman–Crippen LogP) is 3.47. The molecular weight excluding hydrogens is 350 g/mol. The SMILES string of the molecule is C=CC(=O)OCCNC(=O)OCC(C)OC(=O)C(CC(C)(C)C)C(C)(C)C. The van der Waals surface area contributed by atoms with Gasteiger partial charge in [-0.2, -0.15) is 0 Å². The zero-order valence-electron chi connectivity index (χ0n) is 17.7. The lowest BCUT2D eigenvalue weighted by atomic mass is 9.72. The maximum absolute atomic E-state index is 12.6. The summed E-state index contributed by atoms with van der Waals surface area (Å²) in [5, 5.41) is 2.44. The van der Waals surface area contributed by atoms with Gasteiger partial charge in [-0.25, -0.2) is 9.59 Å². The van der Waals surface area contributed by atoms with Crippen molar-refractivity contribution in [1.29, 1.82) is 0 Å². The van der Waals surface area contributed by atoms with E-state index in [4.69, 9.17) is 14.2 Å². The first kappa shape index (κ1) is 24.9. The first-order valence-corrected chi connectivity index (χ1v) is 9.16. The number of ether oxygens (including phenoxy) is 3. The molecule has 1 amide bonds. The molecule has 0 spiro atoms. The summed E-state index contributed by atoms with van der Waals surface area (Å²) >= 11 is 0. The molecule has 0 heterocycles. The molecule has 0 aliphatic carbocycles. The third kappa shape index (κ3) is 12.0. The van der Waals surface area contributed by atoms with E-state index in [-0.39, 0.29) is 42.5 Å². The summed E-state index contributed by atoms with van der Waals surface area (Å²) in [4.78, 5) is 35.0. The van der Waals surface area contributed by atoms with Crippen molar-refractivity contribution in [2.24, 2.45) is 16.7 Å². The van der Waals surface area contributed by atoms with Crippen LogP contribution in [0.15, 0.2) is 12.7 Å². The lowest BCUT2D eigenvalue weighted by Crippen LogP contribution is -2.37. The highest BCUT2D eigenvalue weighted by Gasteiger charge is 2.36. The Morgan fingerprint density at radius 3 is 2.15 bits per heavy atom. The Balaban J connectivity index is 4.36. The van der Waals surface area contributed by atoms with Gasteiger partial charge in [-0.1, -0.05) is 48.1 Å². The number of esters is 2. The molecule has 0 fully saturated rings. The third-order valence-corrected chi connectivity index (χ3v) is 3.70. The third-order valence-electron chi connectivity index (χ3n) is 3.70. The van der Waals surface area contributed by atoms with Gasteiger partial charge in [0.15, 0.2) is 0 Å². The Hall–Kier alpha value is -2.05. The molecule has 0 rings (SSSR count). The monoisotopic (exact) mass is 385 g/mol. The van der Waals surface area contributed by atoms with E-state index in [0.29, 0.717) is 6.42 Å². The standard InChI is InChI=1S/C20H35NO6/c1-9-16(22)25-11-10-21-18(24)26-13-14(2)27-17(23)15(20(6,7)8)12-19(3,4)5/h9,14-15H,1,10-13H2,2-8H3,(H,21,24). The fraction of sp³-hybridized carbons (Fsp3) is 0.750. The van der Waals surface area contributed by atoms with Crippen LogP contribution in [-0.2, 0) is 23.8 Å². The van der Waals surface area contributed by atoms with Gasteiger partial charge in [0.1, 0.15) is 19.3 Å². The first-order chi connectivity index (χ1) is 12.3. The summed E-state index contributed by atoms with van der Waals surface area (Å²) in [5.74, 6) is -1.10. The van der Waals surface area contributed by atoms with Crippen molar-refractivity contribution in [1.82, 2.24) is 5.32 Å². The zero-order valence-corrected chi connectivity index (χ0v) is 17.7. The molecule has 2 atom stereocenters. The highest BCUT2D eigenvalue weighted by Crippen LogP contribution is 2.36. The molecule has 1 N–H and O–H groups in total. The number of hydrogen-bond donors (Lipinski definition) is 1. The number of nitrogens with one attached hydrogen (secondary N) is 1. The Morgan fingerprint density at radius 1 is 1.07 bits per heavy atom. The van der Waals surface area contributed by atoms with E-state index in [1.807, 2.05) is 20.8 Å². The van der Waals surface area contributed by atoms with Crippen LogP contribution in [0, 0.1) is 16.7 Å². The van der Waals surface area contributed by atoms with Crippen molar-refractivity contribution >= 4 is 18.0 Å². The summed E-state index contributed by atoms with van der Waals surface area (Å²) in [7, 11) is 0. The average molecular weight is 386 g/mol. The Morgan fingerprint density at radius 2 is 1.67 bits per heavy atom. The number of amides is 1. The van der Waals surface area contributed by atoms with Gasteiger partial charge in [0, 0.05) is 6.08 Å². The fourth-order valence-electron chi connectivity index (χ4n) is 2.28. The molecule has 2 unspecified atom stereocenters. The maximum Gasteiger partial charge on any atom is 0.407 e. The van der Waals surface area contributed by atoms with Crippen molar-refractivity contribution in [3.05, 3.63) is 12.7 Å². The highest BCUT2D eigenvalue weighted by atomic mass is 16.6. The van der Waals surface area contributed by atoms with Crippen LogP contribution in [0.5, 0.6) is 0 Å². The van der Waals surface area contributed by atoms with Crippen LogP contribution in [-0.4, -0.2) is 43.9 Å². The second kappa shape index (κ2) is 10.9. The summed E-state index contributed by atoms with van der Waals surface area (Å²) < 4.78 is 15.2. The molecule has 0 aromatic heterocycles. The molecule has 0 aromatic rings. The predicted molar refractivity (Wildman–Crippen MR) is 103 cm³/mol. The van der Waals surface area contributed by atoms with E-state index < -0.39 is 18.2 Å². The van der Waals surface area contributed by atoms with Crippen molar-refractivity contribution in [3.63, 3.8) is 0 Å².